The van der Waals surface area contributed by atoms with Gasteiger partial charge in [-0.25, -0.2) is 9.78 Å². The third kappa shape index (κ3) is 5.78. The van der Waals surface area contributed by atoms with E-state index in [0.717, 1.165) is 50.2 Å². The van der Waals surface area contributed by atoms with Crippen molar-refractivity contribution in [3.63, 3.8) is 0 Å². The highest BCUT2D eigenvalue weighted by Crippen LogP contribution is 2.30. The molecule has 2 heterocycles. The quantitative estimate of drug-likeness (QED) is 0.641. The van der Waals surface area contributed by atoms with E-state index in [9.17, 15) is 9.59 Å². The number of Topliss-reactive ketones (excluding diaryl/α,β-unsaturated/α-hetero) is 1. The van der Waals surface area contributed by atoms with Gasteiger partial charge >= 0.3 is 6.09 Å². The summed E-state index contributed by atoms with van der Waals surface area (Å²) < 4.78 is 5.60. The van der Waals surface area contributed by atoms with Gasteiger partial charge in [0.1, 0.15) is 17.2 Å². The Kier molecular flexibility index (Phi) is 6.96. The number of piperazine rings is 1. The van der Waals surface area contributed by atoms with Crippen LogP contribution in [0.4, 0.5) is 10.6 Å². The minimum atomic E-state index is -0.491. The number of benzene rings is 1. The fourth-order valence-electron chi connectivity index (χ4n) is 4.97. The number of carbonyl (C=O) groups is 2. The molecule has 0 spiro atoms. The molecule has 6 nitrogen and oxygen atoms in total. The molecule has 4 rings (SSSR count). The van der Waals surface area contributed by atoms with Gasteiger partial charge in [0.25, 0.3) is 0 Å². The van der Waals surface area contributed by atoms with Gasteiger partial charge in [-0.3, -0.25) is 4.79 Å². The van der Waals surface area contributed by atoms with Gasteiger partial charge in [-0.2, -0.15) is 0 Å². The van der Waals surface area contributed by atoms with Crippen molar-refractivity contribution >= 4 is 17.7 Å². The third-order valence-corrected chi connectivity index (χ3v) is 6.58. The lowest BCUT2D eigenvalue weighted by atomic mass is 9.98. The molecular weight excluding hydrogens is 426 g/mol. The second kappa shape index (κ2) is 9.77. The molecule has 0 radical (unpaired) electrons. The summed E-state index contributed by atoms with van der Waals surface area (Å²) in [6, 6.07) is 10.7. The van der Waals surface area contributed by atoms with Crippen molar-refractivity contribution in [1.82, 2.24) is 9.88 Å². The molecule has 1 saturated heterocycles. The van der Waals surface area contributed by atoms with E-state index in [1.807, 2.05) is 25.7 Å². The number of ketones is 1. The molecule has 182 valence electrons. The molecule has 0 saturated carbocycles. The molecule has 0 unspecified atom stereocenters. The zero-order valence-corrected chi connectivity index (χ0v) is 21.2. The Hall–Kier alpha value is -2.89. The summed E-state index contributed by atoms with van der Waals surface area (Å²) in [6.07, 6.45) is 4.38. The van der Waals surface area contributed by atoms with E-state index in [4.69, 9.17) is 9.72 Å². The van der Waals surface area contributed by atoms with Gasteiger partial charge in [0.2, 0.25) is 0 Å². The number of aryl methyl sites for hydroxylation is 1. The summed E-state index contributed by atoms with van der Waals surface area (Å²) in [5.74, 6) is 1.20. The predicted octanol–water partition coefficient (Wildman–Crippen LogP) is 4.74. The Bertz CT molecular complexity index is 1060. The monoisotopic (exact) mass is 463 g/mol. The highest BCUT2D eigenvalue weighted by atomic mass is 16.6. The van der Waals surface area contributed by atoms with Crippen LogP contribution in [-0.4, -0.2) is 53.0 Å². The van der Waals surface area contributed by atoms with Crippen LogP contribution in [0.25, 0.3) is 0 Å². The zero-order valence-electron chi connectivity index (χ0n) is 21.2. The number of nitrogens with zero attached hydrogens (tertiary/aromatic N) is 3. The van der Waals surface area contributed by atoms with E-state index in [-0.39, 0.29) is 17.9 Å². The van der Waals surface area contributed by atoms with E-state index >= 15 is 0 Å². The molecule has 1 aliphatic carbocycles. The fraction of sp³-hybridized carbons (Fsp3) is 0.536. The Labute approximate surface area is 203 Å². The summed E-state index contributed by atoms with van der Waals surface area (Å²) in [5.41, 5.74) is 5.80. The largest absolute Gasteiger partial charge is 0.444 e. The minimum absolute atomic E-state index is 0.0518. The van der Waals surface area contributed by atoms with Crippen LogP contribution in [-0.2, 0) is 35.2 Å². The van der Waals surface area contributed by atoms with Crippen LogP contribution < -0.4 is 4.90 Å². The van der Waals surface area contributed by atoms with Gasteiger partial charge in [-0.05, 0) is 88.6 Å². The number of ether oxygens (including phenoxy) is 1. The van der Waals surface area contributed by atoms with Crippen LogP contribution in [0.1, 0.15) is 69.0 Å². The Morgan fingerprint density at radius 2 is 1.79 bits per heavy atom. The molecule has 1 amide bonds. The van der Waals surface area contributed by atoms with E-state index in [2.05, 4.69) is 42.2 Å². The second-order valence-electron chi connectivity index (χ2n) is 10.8. The summed E-state index contributed by atoms with van der Waals surface area (Å²) in [5, 5.41) is 0. The van der Waals surface area contributed by atoms with Crippen LogP contribution in [0.15, 0.2) is 30.3 Å². The van der Waals surface area contributed by atoms with Gasteiger partial charge in [0.15, 0.2) is 0 Å². The van der Waals surface area contributed by atoms with Gasteiger partial charge in [-0.15, -0.1) is 0 Å². The summed E-state index contributed by atoms with van der Waals surface area (Å²) in [6.45, 7) is 11.5. The SMILES string of the molecule is CC(=O)Cc1ccc(Cc2cc(N3CCN(C(=O)OC(C)(C)C)[C@H](C)C3)nc3c2CCC3)cc1. The first-order chi connectivity index (χ1) is 16.1. The first-order valence-electron chi connectivity index (χ1n) is 12.4. The van der Waals surface area contributed by atoms with Gasteiger partial charge in [0, 0.05) is 37.8 Å². The maximum Gasteiger partial charge on any atom is 0.410 e. The number of anilines is 1. The second-order valence-corrected chi connectivity index (χ2v) is 10.8. The van der Waals surface area contributed by atoms with Crippen molar-refractivity contribution in [2.24, 2.45) is 0 Å². The maximum absolute atomic E-state index is 12.6. The molecule has 1 aromatic carbocycles. The first-order valence-corrected chi connectivity index (χ1v) is 12.4. The Morgan fingerprint density at radius 1 is 1.09 bits per heavy atom. The van der Waals surface area contributed by atoms with Crippen molar-refractivity contribution in [2.45, 2.75) is 78.4 Å². The molecule has 1 fully saturated rings. The number of amides is 1. The Balaban J connectivity index is 1.50. The zero-order chi connectivity index (χ0) is 24.5. The topological polar surface area (TPSA) is 62.7 Å². The summed E-state index contributed by atoms with van der Waals surface area (Å²) in [4.78, 5) is 33.2. The van der Waals surface area contributed by atoms with Crippen molar-refractivity contribution in [3.8, 4) is 0 Å². The van der Waals surface area contributed by atoms with Crippen molar-refractivity contribution in [2.75, 3.05) is 24.5 Å². The predicted molar refractivity (Wildman–Crippen MR) is 135 cm³/mol. The Morgan fingerprint density at radius 3 is 2.44 bits per heavy atom. The van der Waals surface area contributed by atoms with Gasteiger partial charge in [-0.1, -0.05) is 24.3 Å². The van der Waals surface area contributed by atoms with Gasteiger partial charge < -0.3 is 14.5 Å². The lowest BCUT2D eigenvalue weighted by molar-refractivity contribution is -0.116. The van der Waals surface area contributed by atoms with Crippen molar-refractivity contribution < 1.29 is 14.3 Å². The average molecular weight is 464 g/mol. The molecule has 0 bridgehead atoms. The van der Waals surface area contributed by atoms with Gasteiger partial charge in [0.05, 0.1) is 0 Å². The number of hydrogen-bond donors (Lipinski definition) is 0. The lowest BCUT2D eigenvalue weighted by Gasteiger charge is -2.41. The third-order valence-electron chi connectivity index (χ3n) is 6.58. The number of aromatic nitrogens is 1. The molecule has 2 aliphatic rings. The molecule has 34 heavy (non-hydrogen) atoms. The van der Waals surface area contributed by atoms with E-state index in [1.165, 1.54) is 22.4 Å². The van der Waals surface area contributed by atoms with Crippen LogP contribution in [0.5, 0.6) is 0 Å². The maximum atomic E-state index is 12.6. The highest BCUT2D eigenvalue weighted by molar-refractivity contribution is 5.78. The number of fused-ring (bicyclic) bond motifs is 1. The number of hydrogen-bond acceptors (Lipinski definition) is 5. The van der Waals surface area contributed by atoms with Crippen LogP contribution in [0, 0.1) is 0 Å². The van der Waals surface area contributed by atoms with E-state index < -0.39 is 5.60 Å². The number of carbonyl (C=O) groups excluding carboxylic acids is 2. The number of rotatable bonds is 5. The standard InChI is InChI=1S/C28H37N3O3/c1-19-18-30(13-14-31(19)27(33)34-28(3,4)5)26-17-23(24-7-6-8-25(24)29-26)16-22-11-9-21(10-12-22)15-20(2)32/h9-12,17,19H,6-8,13-16,18H2,1-5H3/t19-/m1/s1. The minimum Gasteiger partial charge on any atom is -0.444 e. The van der Waals surface area contributed by atoms with Crippen LogP contribution in [0.3, 0.4) is 0 Å². The molecule has 1 aromatic heterocycles. The molecule has 0 N–H and O–H groups in total. The molecule has 2 aromatic rings. The highest BCUT2D eigenvalue weighted by Gasteiger charge is 2.32. The number of pyridine rings is 1. The van der Waals surface area contributed by atoms with Crippen LogP contribution in [0.2, 0.25) is 0 Å². The molecular formula is C28H37N3O3. The summed E-state index contributed by atoms with van der Waals surface area (Å²) >= 11 is 0. The van der Waals surface area contributed by atoms with E-state index in [1.54, 1.807) is 6.92 Å². The lowest BCUT2D eigenvalue weighted by Crippen LogP contribution is -2.55. The summed E-state index contributed by atoms with van der Waals surface area (Å²) in [7, 11) is 0. The molecule has 1 atom stereocenters. The smallest absolute Gasteiger partial charge is 0.410 e. The van der Waals surface area contributed by atoms with Crippen LogP contribution >= 0.6 is 0 Å². The normalized spacial score (nSPS) is 18.1. The average Bonchev–Trinajstić information content (AvgIpc) is 3.22. The molecule has 6 heteroatoms. The van der Waals surface area contributed by atoms with E-state index in [0.29, 0.717) is 13.0 Å². The van der Waals surface area contributed by atoms with Crippen molar-refractivity contribution in [1.29, 1.82) is 0 Å². The van der Waals surface area contributed by atoms with Crippen molar-refractivity contribution in [3.05, 3.63) is 58.3 Å². The molecule has 1 aliphatic heterocycles. The fourth-order valence-corrected chi connectivity index (χ4v) is 4.97. The first kappa shape index (κ1) is 24.2.